The Labute approximate surface area is 164 Å². The summed E-state index contributed by atoms with van der Waals surface area (Å²) >= 11 is 4.07. The van der Waals surface area contributed by atoms with Crippen LogP contribution in [0.2, 0.25) is 0 Å². The largest absolute Gasteiger partial charge is 0.489 e. The third-order valence-electron chi connectivity index (χ3n) is 4.45. The summed E-state index contributed by atoms with van der Waals surface area (Å²) in [5.74, 6) is 3.46. The average molecular weight is 379 g/mol. The van der Waals surface area contributed by atoms with Gasteiger partial charge in [-0.1, -0.05) is 66.7 Å². The molecule has 0 atom stereocenters. The zero-order valence-corrected chi connectivity index (χ0v) is 16.3. The smallest absolute Gasteiger partial charge is 0.119 e. The van der Waals surface area contributed by atoms with Crippen LogP contribution in [0.15, 0.2) is 78.9 Å². The van der Waals surface area contributed by atoms with Crippen molar-refractivity contribution in [2.75, 3.05) is 11.5 Å². The van der Waals surface area contributed by atoms with E-state index in [1.54, 1.807) is 0 Å². The molecule has 0 bridgehead atoms. The summed E-state index contributed by atoms with van der Waals surface area (Å²) in [6.45, 7) is 0.609. The lowest BCUT2D eigenvalue weighted by Gasteiger charge is -2.11. The van der Waals surface area contributed by atoms with Crippen molar-refractivity contribution in [1.29, 1.82) is 0 Å². The molecule has 0 radical (unpaired) electrons. The number of ether oxygens (including phenoxy) is 1. The van der Waals surface area contributed by atoms with Gasteiger partial charge in [0.1, 0.15) is 12.4 Å². The normalized spacial score (nSPS) is 14.5. The highest BCUT2D eigenvalue weighted by Gasteiger charge is 2.17. The molecule has 0 aromatic heterocycles. The van der Waals surface area contributed by atoms with Crippen LogP contribution in [0.25, 0.3) is 0 Å². The number of hydrogen-bond acceptors (Lipinski definition) is 3. The van der Waals surface area contributed by atoms with Gasteiger partial charge in [0.15, 0.2) is 0 Å². The minimum Gasteiger partial charge on any atom is -0.489 e. The van der Waals surface area contributed by atoms with Gasteiger partial charge in [-0.25, -0.2) is 0 Å². The zero-order chi connectivity index (χ0) is 17.6. The molecule has 3 aromatic rings. The van der Waals surface area contributed by atoms with Crippen molar-refractivity contribution in [1.82, 2.24) is 0 Å². The Kier molecular flexibility index (Phi) is 5.88. The minimum atomic E-state index is 0.598. The van der Waals surface area contributed by atoms with Gasteiger partial charge in [-0.2, -0.15) is 0 Å². The average Bonchev–Trinajstić information content (AvgIpc) is 3.24. The molecule has 1 fully saturated rings. The fourth-order valence-electron chi connectivity index (χ4n) is 3.02. The van der Waals surface area contributed by atoms with Crippen LogP contribution in [-0.4, -0.2) is 11.5 Å². The van der Waals surface area contributed by atoms with Crippen molar-refractivity contribution in [3.05, 3.63) is 101 Å². The predicted molar refractivity (Wildman–Crippen MR) is 114 cm³/mol. The molecule has 0 spiro atoms. The number of thioether (sulfide) groups is 2. The molecule has 1 aliphatic rings. The minimum absolute atomic E-state index is 0.598. The van der Waals surface area contributed by atoms with Gasteiger partial charge in [0.25, 0.3) is 0 Å². The lowest BCUT2D eigenvalue weighted by molar-refractivity contribution is 0.306. The van der Waals surface area contributed by atoms with Gasteiger partial charge < -0.3 is 4.74 Å². The van der Waals surface area contributed by atoms with Gasteiger partial charge >= 0.3 is 0 Å². The van der Waals surface area contributed by atoms with Gasteiger partial charge in [0.05, 0.1) is 4.58 Å². The lowest BCUT2D eigenvalue weighted by atomic mass is 10.0. The fraction of sp³-hybridized carbons (Fsp3) is 0.217. The highest BCUT2D eigenvalue weighted by Crippen LogP contribution is 2.45. The van der Waals surface area contributed by atoms with E-state index in [4.69, 9.17) is 4.74 Å². The summed E-state index contributed by atoms with van der Waals surface area (Å²) in [7, 11) is 0. The predicted octanol–water partition coefficient (Wildman–Crippen LogP) is 6.34. The Morgan fingerprint density at radius 3 is 2.00 bits per heavy atom. The van der Waals surface area contributed by atoms with Crippen LogP contribution in [0.5, 0.6) is 5.75 Å². The van der Waals surface area contributed by atoms with Crippen LogP contribution in [0.1, 0.15) is 26.8 Å². The summed E-state index contributed by atoms with van der Waals surface area (Å²) in [5, 5.41) is 0. The first-order valence-electron chi connectivity index (χ1n) is 8.94. The molecule has 1 heterocycles. The molecule has 4 rings (SSSR count). The topological polar surface area (TPSA) is 9.23 Å². The highest BCUT2D eigenvalue weighted by atomic mass is 32.2. The van der Waals surface area contributed by atoms with Crippen LogP contribution >= 0.6 is 23.5 Å². The lowest BCUT2D eigenvalue weighted by Crippen LogP contribution is -1.96. The fourth-order valence-corrected chi connectivity index (χ4v) is 5.88. The summed E-state index contributed by atoms with van der Waals surface area (Å²) in [5.41, 5.74) is 5.27. The molecule has 3 heteroatoms. The second-order valence-electron chi connectivity index (χ2n) is 6.41. The number of rotatable bonds is 6. The molecule has 0 saturated carbocycles. The van der Waals surface area contributed by atoms with E-state index in [2.05, 4.69) is 78.9 Å². The van der Waals surface area contributed by atoms with Gasteiger partial charge in [0, 0.05) is 11.5 Å². The van der Waals surface area contributed by atoms with E-state index in [9.17, 15) is 0 Å². The molecule has 0 aliphatic carbocycles. The molecule has 132 valence electrons. The first-order chi connectivity index (χ1) is 12.9. The molecule has 1 saturated heterocycles. The maximum absolute atomic E-state index is 5.95. The van der Waals surface area contributed by atoms with Gasteiger partial charge in [-0.05, 0) is 40.8 Å². The van der Waals surface area contributed by atoms with Crippen LogP contribution in [0, 0.1) is 0 Å². The van der Waals surface area contributed by atoms with E-state index < -0.39 is 0 Å². The standard InChI is InChI=1S/C23H22OS2/c1-2-4-18(5-3-1)16-19-6-8-20(9-7-19)17-24-22-12-10-21(11-13-22)23-25-14-15-26-23/h1-13,23H,14-17H2. The third-order valence-corrected chi connectivity index (χ3v) is 7.56. The van der Waals surface area contributed by atoms with Gasteiger partial charge in [0.2, 0.25) is 0 Å². The summed E-state index contributed by atoms with van der Waals surface area (Å²) in [6, 6.07) is 27.9. The molecule has 1 nitrogen and oxygen atoms in total. The van der Waals surface area contributed by atoms with Crippen molar-refractivity contribution in [3.8, 4) is 5.75 Å². The molecule has 3 aromatic carbocycles. The molecule has 26 heavy (non-hydrogen) atoms. The van der Waals surface area contributed by atoms with E-state index in [0.29, 0.717) is 11.2 Å². The first-order valence-corrected chi connectivity index (χ1v) is 11.0. The van der Waals surface area contributed by atoms with E-state index in [1.807, 2.05) is 23.5 Å². The summed E-state index contributed by atoms with van der Waals surface area (Å²) in [4.78, 5) is 0. The van der Waals surface area contributed by atoms with Crippen molar-refractivity contribution in [2.45, 2.75) is 17.6 Å². The second-order valence-corrected chi connectivity index (χ2v) is 9.13. The van der Waals surface area contributed by atoms with E-state index in [1.165, 1.54) is 33.8 Å². The first kappa shape index (κ1) is 17.6. The highest BCUT2D eigenvalue weighted by molar-refractivity contribution is 8.19. The second kappa shape index (κ2) is 8.70. The van der Waals surface area contributed by atoms with Gasteiger partial charge in [-0.15, -0.1) is 23.5 Å². The Morgan fingerprint density at radius 2 is 1.31 bits per heavy atom. The maximum Gasteiger partial charge on any atom is 0.119 e. The van der Waals surface area contributed by atoms with E-state index in [0.717, 1.165) is 12.2 Å². The Morgan fingerprint density at radius 1 is 0.692 bits per heavy atom. The summed E-state index contributed by atoms with van der Waals surface area (Å²) < 4.78 is 6.55. The molecule has 1 aliphatic heterocycles. The maximum atomic E-state index is 5.95. The van der Waals surface area contributed by atoms with Crippen molar-refractivity contribution >= 4 is 23.5 Å². The van der Waals surface area contributed by atoms with Crippen LogP contribution in [0.4, 0.5) is 0 Å². The Balaban J connectivity index is 1.31. The quantitative estimate of drug-likeness (QED) is 0.496. The van der Waals surface area contributed by atoms with Crippen molar-refractivity contribution < 1.29 is 4.74 Å². The van der Waals surface area contributed by atoms with Crippen molar-refractivity contribution in [2.24, 2.45) is 0 Å². The van der Waals surface area contributed by atoms with Crippen molar-refractivity contribution in [3.63, 3.8) is 0 Å². The molecular formula is C23H22OS2. The van der Waals surface area contributed by atoms with Crippen LogP contribution < -0.4 is 4.74 Å². The van der Waals surface area contributed by atoms with E-state index in [-0.39, 0.29) is 0 Å². The Hall–Kier alpha value is -1.84. The SMILES string of the molecule is c1ccc(Cc2ccc(COc3ccc(C4SCCS4)cc3)cc2)cc1. The molecule has 0 unspecified atom stereocenters. The number of hydrogen-bond donors (Lipinski definition) is 0. The number of benzene rings is 3. The zero-order valence-electron chi connectivity index (χ0n) is 14.6. The third kappa shape index (κ3) is 4.66. The monoisotopic (exact) mass is 378 g/mol. The molecular weight excluding hydrogens is 356 g/mol. The van der Waals surface area contributed by atoms with Crippen LogP contribution in [0.3, 0.4) is 0 Å². The molecule has 0 N–H and O–H groups in total. The van der Waals surface area contributed by atoms with Gasteiger partial charge in [-0.3, -0.25) is 0 Å². The summed E-state index contributed by atoms with van der Waals surface area (Å²) in [6.07, 6.45) is 0.973. The van der Waals surface area contributed by atoms with E-state index >= 15 is 0 Å². The molecule has 0 amide bonds. The Bertz CT molecular complexity index is 807. The van der Waals surface area contributed by atoms with Crippen LogP contribution in [-0.2, 0) is 13.0 Å².